The first-order chi connectivity index (χ1) is 9.65. The maximum absolute atomic E-state index is 12.3. The van der Waals surface area contributed by atoms with Crippen LogP contribution in [0, 0.1) is 17.8 Å². The van der Waals surface area contributed by atoms with Crippen LogP contribution in [0.3, 0.4) is 0 Å². The highest BCUT2D eigenvalue weighted by molar-refractivity contribution is 5.80. The van der Waals surface area contributed by atoms with E-state index in [2.05, 4.69) is 22.2 Å². The number of rotatable bonds is 4. The van der Waals surface area contributed by atoms with Gasteiger partial charge in [0.05, 0.1) is 5.92 Å². The van der Waals surface area contributed by atoms with Crippen LogP contribution in [0.1, 0.15) is 19.3 Å². The minimum Gasteiger partial charge on any atom is -0.355 e. The number of amides is 1. The number of hydrogen-bond acceptors (Lipinski definition) is 4. The fourth-order valence-electron chi connectivity index (χ4n) is 4.25. The molecule has 2 saturated carbocycles. The van der Waals surface area contributed by atoms with E-state index in [0.717, 1.165) is 39.3 Å². The number of nitrogens with one attached hydrogen (secondary N) is 1. The number of carbonyl (C=O) groups is 1. The van der Waals surface area contributed by atoms with E-state index in [9.17, 15) is 4.79 Å². The number of likely N-dealkylation sites (N-methyl/N-ethyl adjacent to an activating group) is 1. The molecule has 0 aromatic rings. The van der Waals surface area contributed by atoms with E-state index in [1.165, 1.54) is 19.3 Å². The van der Waals surface area contributed by atoms with E-state index in [-0.39, 0.29) is 17.9 Å². The molecule has 4 atom stereocenters. The molecule has 5 nitrogen and oxygen atoms in total. The van der Waals surface area contributed by atoms with Gasteiger partial charge in [-0.2, -0.15) is 0 Å². The van der Waals surface area contributed by atoms with Gasteiger partial charge < -0.3 is 16.0 Å². The number of nitrogens with two attached hydrogens (primary N) is 1. The third-order valence-electron chi connectivity index (χ3n) is 5.61. The maximum Gasteiger partial charge on any atom is 0.225 e. The molecule has 1 aliphatic heterocycles. The summed E-state index contributed by atoms with van der Waals surface area (Å²) in [4.78, 5) is 17.1. The number of hydrogen-bond donors (Lipinski definition) is 2. The van der Waals surface area contributed by atoms with Crippen LogP contribution < -0.4 is 11.1 Å². The molecule has 1 amide bonds. The molecule has 20 heavy (non-hydrogen) atoms. The lowest BCUT2D eigenvalue weighted by atomic mass is 9.84. The minimum absolute atomic E-state index is 0.0845. The minimum atomic E-state index is 0.0845. The summed E-state index contributed by atoms with van der Waals surface area (Å²) >= 11 is 0. The molecule has 2 aliphatic carbocycles. The van der Waals surface area contributed by atoms with Gasteiger partial charge in [0.25, 0.3) is 0 Å². The van der Waals surface area contributed by atoms with Gasteiger partial charge in [0.2, 0.25) is 5.91 Å². The van der Waals surface area contributed by atoms with Crippen molar-refractivity contribution in [3.8, 4) is 0 Å². The van der Waals surface area contributed by atoms with Crippen molar-refractivity contribution in [2.45, 2.75) is 25.3 Å². The quantitative estimate of drug-likeness (QED) is 0.744. The Labute approximate surface area is 121 Å². The van der Waals surface area contributed by atoms with Gasteiger partial charge >= 0.3 is 0 Å². The molecule has 4 unspecified atom stereocenters. The zero-order valence-corrected chi connectivity index (χ0v) is 12.6. The van der Waals surface area contributed by atoms with Gasteiger partial charge in [-0.1, -0.05) is 0 Å². The van der Waals surface area contributed by atoms with Gasteiger partial charge in [-0.15, -0.1) is 0 Å². The van der Waals surface area contributed by atoms with Gasteiger partial charge in [0, 0.05) is 45.3 Å². The Morgan fingerprint density at radius 3 is 2.55 bits per heavy atom. The van der Waals surface area contributed by atoms with E-state index in [4.69, 9.17) is 5.73 Å². The molecule has 0 aromatic carbocycles. The topological polar surface area (TPSA) is 61.6 Å². The summed E-state index contributed by atoms with van der Waals surface area (Å²) in [7, 11) is 2.16. The summed E-state index contributed by atoms with van der Waals surface area (Å²) in [6, 6.07) is 0.109. The molecule has 3 rings (SSSR count). The zero-order chi connectivity index (χ0) is 14.1. The predicted octanol–water partition coefficient (Wildman–Crippen LogP) is -0.277. The molecule has 0 aromatic heterocycles. The van der Waals surface area contributed by atoms with E-state index < -0.39 is 0 Å². The average Bonchev–Trinajstić information content (AvgIpc) is 3.01. The van der Waals surface area contributed by atoms with Crippen LogP contribution in [0.5, 0.6) is 0 Å². The number of fused-ring (bicyclic) bond motifs is 2. The summed E-state index contributed by atoms with van der Waals surface area (Å²) in [5.74, 6) is 1.45. The van der Waals surface area contributed by atoms with Crippen LogP contribution >= 0.6 is 0 Å². The lowest BCUT2D eigenvalue weighted by molar-refractivity contribution is -0.127. The highest BCUT2D eigenvalue weighted by Crippen LogP contribution is 2.47. The van der Waals surface area contributed by atoms with Crippen LogP contribution in [0.15, 0.2) is 0 Å². The Kier molecular flexibility index (Phi) is 4.29. The standard InChI is InChI=1S/C15H28N4O/c1-18-6-8-19(9-7-18)5-4-17-15(20)13-11-2-3-12(10-11)14(13)16/h11-14H,2-10,16H2,1H3,(H,17,20). The van der Waals surface area contributed by atoms with Crippen molar-refractivity contribution >= 4 is 5.91 Å². The molecule has 1 heterocycles. The van der Waals surface area contributed by atoms with Crippen LogP contribution in [-0.2, 0) is 4.79 Å². The lowest BCUT2D eigenvalue weighted by Crippen LogP contribution is -2.49. The second kappa shape index (κ2) is 6.00. The normalized spacial score (nSPS) is 38.3. The number of carbonyl (C=O) groups excluding carboxylic acids is 1. The molecule has 3 fully saturated rings. The number of piperazine rings is 1. The summed E-state index contributed by atoms with van der Waals surface area (Å²) in [5.41, 5.74) is 6.22. The SMILES string of the molecule is CN1CCN(CCNC(=O)C2C3CCC(C3)C2N)CC1. The predicted molar refractivity (Wildman–Crippen MR) is 79.2 cm³/mol. The second-order valence-corrected chi connectivity index (χ2v) is 6.87. The molecule has 3 N–H and O–H groups in total. The van der Waals surface area contributed by atoms with E-state index in [1.54, 1.807) is 0 Å². The summed E-state index contributed by atoms with van der Waals surface area (Å²) in [5, 5.41) is 3.12. The van der Waals surface area contributed by atoms with Gasteiger partial charge in [-0.3, -0.25) is 9.69 Å². The number of nitrogens with zero attached hydrogens (tertiary/aromatic N) is 2. The van der Waals surface area contributed by atoms with Gasteiger partial charge in [-0.25, -0.2) is 0 Å². The van der Waals surface area contributed by atoms with Crippen molar-refractivity contribution in [3.63, 3.8) is 0 Å². The Hall–Kier alpha value is -0.650. The van der Waals surface area contributed by atoms with Crippen LogP contribution in [-0.4, -0.2) is 68.1 Å². The summed E-state index contributed by atoms with van der Waals surface area (Å²) in [6.07, 6.45) is 3.61. The van der Waals surface area contributed by atoms with E-state index in [1.807, 2.05) is 0 Å². The lowest BCUT2D eigenvalue weighted by Gasteiger charge is -2.32. The molecule has 0 radical (unpaired) electrons. The molecule has 0 spiro atoms. The molecule has 114 valence electrons. The first kappa shape index (κ1) is 14.3. The van der Waals surface area contributed by atoms with Gasteiger partial charge in [-0.05, 0) is 38.1 Å². The smallest absolute Gasteiger partial charge is 0.225 e. The van der Waals surface area contributed by atoms with Crippen LogP contribution in [0.25, 0.3) is 0 Å². The van der Waals surface area contributed by atoms with Crippen molar-refractivity contribution in [1.82, 2.24) is 15.1 Å². The van der Waals surface area contributed by atoms with Gasteiger partial charge in [0.15, 0.2) is 0 Å². The van der Waals surface area contributed by atoms with Crippen molar-refractivity contribution in [3.05, 3.63) is 0 Å². The van der Waals surface area contributed by atoms with Crippen molar-refractivity contribution in [1.29, 1.82) is 0 Å². The molecule has 5 heteroatoms. The third kappa shape index (κ3) is 2.85. The molecular formula is C15H28N4O. The highest BCUT2D eigenvalue weighted by Gasteiger charge is 2.48. The average molecular weight is 280 g/mol. The molecule has 1 saturated heterocycles. The van der Waals surface area contributed by atoms with Crippen LogP contribution in [0.2, 0.25) is 0 Å². The summed E-state index contributed by atoms with van der Waals surface area (Å²) in [6.45, 7) is 6.22. The molecule has 3 aliphatic rings. The van der Waals surface area contributed by atoms with Crippen molar-refractivity contribution in [2.75, 3.05) is 46.3 Å². The molecular weight excluding hydrogens is 252 g/mol. The van der Waals surface area contributed by atoms with E-state index >= 15 is 0 Å². The Morgan fingerprint density at radius 2 is 1.90 bits per heavy atom. The largest absolute Gasteiger partial charge is 0.355 e. The highest BCUT2D eigenvalue weighted by atomic mass is 16.1. The zero-order valence-electron chi connectivity index (χ0n) is 12.6. The molecule has 2 bridgehead atoms. The maximum atomic E-state index is 12.3. The van der Waals surface area contributed by atoms with Crippen molar-refractivity contribution < 1.29 is 4.79 Å². The Balaban J connectivity index is 1.39. The Bertz CT molecular complexity index is 352. The second-order valence-electron chi connectivity index (χ2n) is 6.87. The van der Waals surface area contributed by atoms with Crippen molar-refractivity contribution in [2.24, 2.45) is 23.5 Å². The fourth-order valence-corrected chi connectivity index (χ4v) is 4.25. The monoisotopic (exact) mass is 280 g/mol. The van der Waals surface area contributed by atoms with Crippen LogP contribution in [0.4, 0.5) is 0 Å². The summed E-state index contributed by atoms with van der Waals surface area (Å²) < 4.78 is 0. The first-order valence-corrected chi connectivity index (χ1v) is 8.09. The third-order valence-corrected chi connectivity index (χ3v) is 5.61. The van der Waals surface area contributed by atoms with E-state index in [0.29, 0.717) is 11.8 Å². The first-order valence-electron chi connectivity index (χ1n) is 8.09. The Morgan fingerprint density at radius 1 is 1.20 bits per heavy atom. The van der Waals surface area contributed by atoms with Gasteiger partial charge in [0.1, 0.15) is 0 Å². The fraction of sp³-hybridized carbons (Fsp3) is 0.933.